The van der Waals surface area contributed by atoms with Crippen LogP contribution in [-0.2, 0) is 6.54 Å². The summed E-state index contributed by atoms with van der Waals surface area (Å²) in [4.78, 5) is 27.4. The lowest BCUT2D eigenvalue weighted by atomic mass is 10.2. The summed E-state index contributed by atoms with van der Waals surface area (Å²) in [5.41, 5.74) is 2.89. The number of urea groups is 1. The standard InChI is InChI=1S/C26H29ClN8O2/c1-3-33(4-2)12-13-34-17-22(15-28-34)30-25(36)19-6-5-7-24(14-19)35-18-23(16-29-35)32-26(37)31-21-10-8-20(27)9-11-21/h5-11,14-18H,3-4,12-13H2,1-2H3,(H,30,36)(H2,31,32,37). The number of hydrogen-bond acceptors (Lipinski definition) is 5. The molecule has 0 aliphatic carbocycles. The molecule has 0 aliphatic rings. The number of halogens is 1. The summed E-state index contributed by atoms with van der Waals surface area (Å²) in [5, 5.41) is 17.6. The summed E-state index contributed by atoms with van der Waals surface area (Å²) in [6, 6.07) is 13.4. The minimum atomic E-state index is -0.410. The SMILES string of the molecule is CCN(CC)CCn1cc(NC(=O)c2cccc(-n3cc(NC(=O)Nc4ccc(Cl)cc4)cn3)c2)cn1. The molecule has 11 heteroatoms. The van der Waals surface area contributed by atoms with Crippen LogP contribution in [0.15, 0.2) is 73.3 Å². The highest BCUT2D eigenvalue weighted by atomic mass is 35.5. The molecule has 0 saturated heterocycles. The predicted molar refractivity (Wildman–Crippen MR) is 146 cm³/mol. The van der Waals surface area contributed by atoms with Crippen LogP contribution in [0.2, 0.25) is 5.02 Å². The maximum absolute atomic E-state index is 12.9. The molecular weight excluding hydrogens is 492 g/mol. The fourth-order valence-corrected chi connectivity index (χ4v) is 3.81. The van der Waals surface area contributed by atoms with Gasteiger partial charge >= 0.3 is 6.03 Å². The fraction of sp³-hybridized carbons (Fsp3) is 0.231. The third kappa shape index (κ3) is 7.18. The number of hydrogen-bond donors (Lipinski definition) is 3. The van der Waals surface area contributed by atoms with E-state index in [0.29, 0.717) is 33.3 Å². The van der Waals surface area contributed by atoms with Crippen LogP contribution in [0.25, 0.3) is 5.69 Å². The molecule has 0 aliphatic heterocycles. The van der Waals surface area contributed by atoms with Crippen molar-refractivity contribution < 1.29 is 9.59 Å². The molecule has 0 radical (unpaired) electrons. The van der Waals surface area contributed by atoms with Crippen molar-refractivity contribution >= 4 is 40.6 Å². The van der Waals surface area contributed by atoms with Crippen molar-refractivity contribution in [1.82, 2.24) is 24.5 Å². The summed E-state index contributed by atoms with van der Waals surface area (Å²) in [7, 11) is 0. The van der Waals surface area contributed by atoms with E-state index in [0.717, 1.165) is 26.2 Å². The lowest BCUT2D eigenvalue weighted by Crippen LogP contribution is -2.27. The molecule has 0 saturated carbocycles. The van der Waals surface area contributed by atoms with E-state index in [-0.39, 0.29) is 5.91 Å². The number of carbonyl (C=O) groups excluding carboxylic acids is 2. The molecule has 2 aromatic carbocycles. The number of likely N-dealkylation sites (N-methyl/N-ethyl adjacent to an activating group) is 1. The third-order valence-corrected chi connectivity index (χ3v) is 6.00. The van der Waals surface area contributed by atoms with Crippen LogP contribution < -0.4 is 16.0 Å². The molecule has 3 N–H and O–H groups in total. The zero-order valence-electron chi connectivity index (χ0n) is 20.7. The molecule has 2 heterocycles. The Balaban J connectivity index is 1.35. The van der Waals surface area contributed by atoms with Gasteiger partial charge < -0.3 is 20.9 Å². The van der Waals surface area contributed by atoms with Gasteiger partial charge in [-0.1, -0.05) is 31.5 Å². The van der Waals surface area contributed by atoms with Gasteiger partial charge in [-0.25, -0.2) is 9.48 Å². The molecule has 4 aromatic rings. The summed E-state index contributed by atoms with van der Waals surface area (Å²) >= 11 is 5.87. The first-order valence-corrected chi connectivity index (χ1v) is 12.4. The lowest BCUT2D eigenvalue weighted by molar-refractivity contribution is 0.102. The van der Waals surface area contributed by atoms with Gasteiger partial charge in [0.25, 0.3) is 5.91 Å². The van der Waals surface area contributed by atoms with E-state index >= 15 is 0 Å². The smallest absolute Gasteiger partial charge is 0.319 e. The van der Waals surface area contributed by atoms with E-state index in [2.05, 4.69) is 44.9 Å². The van der Waals surface area contributed by atoms with Crippen molar-refractivity contribution in [2.24, 2.45) is 0 Å². The zero-order chi connectivity index (χ0) is 26.2. The fourth-order valence-electron chi connectivity index (χ4n) is 3.68. The number of anilines is 3. The van der Waals surface area contributed by atoms with Gasteiger partial charge in [0.05, 0.1) is 42.2 Å². The van der Waals surface area contributed by atoms with E-state index in [1.54, 1.807) is 59.5 Å². The average molecular weight is 521 g/mol. The second kappa shape index (κ2) is 12.2. The summed E-state index contributed by atoms with van der Waals surface area (Å²) < 4.78 is 3.41. The van der Waals surface area contributed by atoms with Gasteiger partial charge in [-0.2, -0.15) is 10.2 Å². The average Bonchev–Trinajstić information content (AvgIpc) is 3.55. The number of aromatic nitrogens is 4. The largest absolute Gasteiger partial charge is 0.323 e. The van der Waals surface area contributed by atoms with E-state index in [9.17, 15) is 9.59 Å². The first kappa shape index (κ1) is 25.9. The number of rotatable bonds is 10. The van der Waals surface area contributed by atoms with E-state index in [1.807, 2.05) is 16.9 Å². The highest BCUT2D eigenvalue weighted by Gasteiger charge is 2.11. The lowest BCUT2D eigenvalue weighted by Gasteiger charge is -2.17. The monoisotopic (exact) mass is 520 g/mol. The Morgan fingerprint density at radius 2 is 1.59 bits per heavy atom. The first-order chi connectivity index (χ1) is 17.9. The van der Waals surface area contributed by atoms with E-state index in [1.165, 1.54) is 6.20 Å². The van der Waals surface area contributed by atoms with Crippen LogP contribution in [0.5, 0.6) is 0 Å². The summed E-state index contributed by atoms with van der Waals surface area (Å²) in [6.07, 6.45) is 6.66. The van der Waals surface area contributed by atoms with Crippen molar-refractivity contribution in [2.75, 3.05) is 35.6 Å². The van der Waals surface area contributed by atoms with Gasteiger partial charge in [0, 0.05) is 29.0 Å². The molecule has 4 rings (SSSR count). The number of nitrogens with one attached hydrogen (secondary N) is 3. The molecule has 192 valence electrons. The Labute approximate surface area is 220 Å². The van der Waals surface area contributed by atoms with Crippen molar-refractivity contribution in [2.45, 2.75) is 20.4 Å². The number of amides is 3. The van der Waals surface area contributed by atoms with Crippen LogP contribution in [0.4, 0.5) is 21.9 Å². The quantitative estimate of drug-likeness (QED) is 0.274. The Morgan fingerprint density at radius 1 is 0.892 bits per heavy atom. The molecule has 10 nitrogen and oxygen atoms in total. The van der Waals surface area contributed by atoms with Crippen molar-refractivity contribution in [3.05, 3.63) is 83.9 Å². The predicted octanol–water partition coefficient (Wildman–Crippen LogP) is 4.96. The molecule has 37 heavy (non-hydrogen) atoms. The molecule has 0 fully saturated rings. The number of benzene rings is 2. The molecular formula is C26H29ClN8O2. The van der Waals surface area contributed by atoms with Crippen molar-refractivity contribution in [3.63, 3.8) is 0 Å². The van der Waals surface area contributed by atoms with Crippen molar-refractivity contribution in [3.8, 4) is 5.69 Å². The molecule has 3 amide bonds. The van der Waals surface area contributed by atoms with Gasteiger partial charge in [-0.05, 0) is 55.6 Å². The number of carbonyl (C=O) groups is 2. The second-order valence-corrected chi connectivity index (χ2v) is 8.72. The third-order valence-electron chi connectivity index (χ3n) is 5.75. The van der Waals surface area contributed by atoms with Crippen LogP contribution in [0.1, 0.15) is 24.2 Å². The molecule has 0 spiro atoms. The maximum Gasteiger partial charge on any atom is 0.323 e. The van der Waals surface area contributed by atoms with Gasteiger partial charge in [-0.15, -0.1) is 0 Å². The zero-order valence-corrected chi connectivity index (χ0v) is 21.4. The summed E-state index contributed by atoms with van der Waals surface area (Å²) in [6.45, 7) is 7.89. The molecule has 0 unspecified atom stereocenters. The number of nitrogens with zero attached hydrogens (tertiary/aromatic N) is 5. The van der Waals surface area contributed by atoms with Gasteiger partial charge in [0.15, 0.2) is 0 Å². The minimum Gasteiger partial charge on any atom is -0.319 e. The van der Waals surface area contributed by atoms with Crippen molar-refractivity contribution in [1.29, 1.82) is 0 Å². The normalized spacial score (nSPS) is 10.9. The Hall–Kier alpha value is -4.15. The first-order valence-electron chi connectivity index (χ1n) is 12.0. The molecule has 0 bridgehead atoms. The van der Waals surface area contributed by atoms with Gasteiger partial charge in [0.2, 0.25) is 0 Å². The highest BCUT2D eigenvalue weighted by Crippen LogP contribution is 2.17. The molecule has 0 atom stereocenters. The van der Waals surface area contributed by atoms with Crippen LogP contribution in [-0.4, -0.2) is 56.0 Å². The Morgan fingerprint density at radius 3 is 2.35 bits per heavy atom. The Bertz CT molecular complexity index is 1340. The maximum atomic E-state index is 12.9. The van der Waals surface area contributed by atoms with E-state index in [4.69, 9.17) is 11.6 Å². The van der Waals surface area contributed by atoms with Crippen LogP contribution in [0.3, 0.4) is 0 Å². The van der Waals surface area contributed by atoms with E-state index < -0.39 is 6.03 Å². The van der Waals surface area contributed by atoms with Crippen LogP contribution in [0, 0.1) is 0 Å². The van der Waals surface area contributed by atoms with Gasteiger partial charge in [0.1, 0.15) is 0 Å². The van der Waals surface area contributed by atoms with Gasteiger partial charge in [-0.3, -0.25) is 9.48 Å². The second-order valence-electron chi connectivity index (χ2n) is 8.28. The Kier molecular flexibility index (Phi) is 8.55. The van der Waals surface area contributed by atoms with Crippen LogP contribution >= 0.6 is 11.6 Å². The minimum absolute atomic E-state index is 0.252. The highest BCUT2D eigenvalue weighted by molar-refractivity contribution is 6.30. The summed E-state index contributed by atoms with van der Waals surface area (Å²) in [5.74, 6) is -0.252. The topological polar surface area (TPSA) is 109 Å². The molecule has 2 aromatic heterocycles.